The number of hydrogen-bond acceptors (Lipinski definition) is 3. The van der Waals surface area contributed by atoms with E-state index in [1.807, 2.05) is 42.5 Å². The third kappa shape index (κ3) is 3.32. The zero-order valence-electron chi connectivity index (χ0n) is 13.1. The molecule has 0 spiro atoms. The summed E-state index contributed by atoms with van der Waals surface area (Å²) in [5, 5.41) is 5.45. The number of amides is 1. The minimum atomic E-state index is -0.302. The second-order valence-corrected chi connectivity index (χ2v) is 6.56. The molecule has 0 aromatic heterocycles. The minimum absolute atomic E-state index is 0.201. The van der Waals surface area contributed by atoms with Crippen molar-refractivity contribution in [2.75, 3.05) is 0 Å². The highest BCUT2D eigenvalue weighted by atomic mass is 32.2. The Morgan fingerprint density at radius 1 is 0.960 bits per heavy atom. The Balaban J connectivity index is 1.65. The highest BCUT2D eigenvalue weighted by molar-refractivity contribution is 8.18. The molecule has 0 unspecified atom stereocenters. The van der Waals surface area contributed by atoms with Crippen LogP contribution in [0.5, 0.6) is 0 Å². The van der Waals surface area contributed by atoms with Crippen LogP contribution in [-0.4, -0.2) is 11.1 Å². The van der Waals surface area contributed by atoms with E-state index in [1.165, 1.54) is 23.9 Å². The van der Waals surface area contributed by atoms with Crippen LogP contribution in [0.25, 0.3) is 16.8 Å². The maximum absolute atomic E-state index is 13.0. The molecule has 0 bridgehead atoms. The van der Waals surface area contributed by atoms with Gasteiger partial charge < -0.3 is 5.32 Å². The summed E-state index contributed by atoms with van der Waals surface area (Å²) in [6.07, 6.45) is 1.73. The Labute approximate surface area is 148 Å². The molecule has 0 atom stereocenters. The van der Waals surface area contributed by atoms with Crippen LogP contribution in [0, 0.1) is 5.82 Å². The fraction of sp³-hybridized carbons (Fsp3) is 0. The van der Waals surface area contributed by atoms with Crippen LogP contribution in [0.3, 0.4) is 0 Å². The number of carbonyl (C=O) groups excluding carboxylic acids is 1. The normalized spacial score (nSPS) is 17.4. The Bertz CT molecular complexity index is 1020. The highest BCUT2D eigenvalue weighted by Crippen LogP contribution is 2.31. The first-order valence-corrected chi connectivity index (χ1v) is 8.54. The Kier molecular flexibility index (Phi) is 4.07. The number of nitrogens with zero attached hydrogens (tertiary/aromatic N) is 1. The van der Waals surface area contributed by atoms with Gasteiger partial charge in [0.1, 0.15) is 5.82 Å². The van der Waals surface area contributed by atoms with E-state index in [1.54, 1.807) is 18.2 Å². The Morgan fingerprint density at radius 2 is 1.72 bits per heavy atom. The zero-order chi connectivity index (χ0) is 17.2. The molecule has 3 aromatic carbocycles. The zero-order valence-corrected chi connectivity index (χ0v) is 13.9. The molecule has 5 heteroatoms. The van der Waals surface area contributed by atoms with Crippen molar-refractivity contribution in [2.45, 2.75) is 0 Å². The molecule has 1 N–H and O–H groups in total. The smallest absolute Gasteiger partial charge is 0.264 e. The average Bonchev–Trinajstić information content (AvgIpc) is 2.96. The summed E-state index contributed by atoms with van der Waals surface area (Å²) in [5.41, 5.74) is 1.58. The number of halogens is 1. The van der Waals surface area contributed by atoms with Crippen LogP contribution in [0.4, 0.5) is 10.1 Å². The van der Waals surface area contributed by atoms with Crippen molar-refractivity contribution >= 4 is 45.4 Å². The van der Waals surface area contributed by atoms with E-state index in [0.717, 1.165) is 22.0 Å². The maximum atomic E-state index is 13.0. The van der Waals surface area contributed by atoms with Gasteiger partial charge in [0, 0.05) is 5.39 Å². The van der Waals surface area contributed by atoms with E-state index in [2.05, 4.69) is 10.3 Å². The number of benzene rings is 3. The van der Waals surface area contributed by atoms with Gasteiger partial charge in [0.15, 0.2) is 5.17 Å². The monoisotopic (exact) mass is 348 g/mol. The molecule has 1 aliphatic heterocycles. The van der Waals surface area contributed by atoms with Crippen LogP contribution < -0.4 is 5.32 Å². The lowest BCUT2D eigenvalue weighted by Gasteiger charge is -2.02. The van der Waals surface area contributed by atoms with E-state index in [-0.39, 0.29) is 11.7 Å². The van der Waals surface area contributed by atoms with Crippen LogP contribution in [-0.2, 0) is 4.79 Å². The van der Waals surface area contributed by atoms with Gasteiger partial charge in [0.2, 0.25) is 0 Å². The molecule has 0 aliphatic carbocycles. The van der Waals surface area contributed by atoms with E-state index >= 15 is 0 Å². The molecule has 1 heterocycles. The Morgan fingerprint density at radius 3 is 2.56 bits per heavy atom. The molecule has 1 aliphatic rings. The molecule has 3 aromatic rings. The number of fused-ring (bicyclic) bond motifs is 1. The number of hydrogen-bond donors (Lipinski definition) is 1. The minimum Gasteiger partial charge on any atom is -0.300 e. The van der Waals surface area contributed by atoms with Crippen molar-refractivity contribution < 1.29 is 9.18 Å². The summed E-state index contributed by atoms with van der Waals surface area (Å²) in [7, 11) is 0. The van der Waals surface area contributed by atoms with Crippen LogP contribution in [0.2, 0.25) is 0 Å². The van der Waals surface area contributed by atoms with Gasteiger partial charge in [0.05, 0.1) is 10.6 Å². The predicted octanol–water partition coefficient (Wildman–Crippen LogP) is 4.87. The first-order valence-electron chi connectivity index (χ1n) is 7.72. The lowest BCUT2D eigenvalue weighted by Crippen LogP contribution is -2.19. The fourth-order valence-electron chi connectivity index (χ4n) is 2.61. The van der Waals surface area contributed by atoms with Gasteiger partial charge in [-0.2, -0.15) is 0 Å². The van der Waals surface area contributed by atoms with Crippen molar-refractivity contribution in [3.63, 3.8) is 0 Å². The standard InChI is InChI=1S/C20H13FN2OS/c21-15-10-8-13(9-11-15)12-18-19(24)23-20(25-18)22-17-7-3-5-14-4-1-2-6-16(14)17/h1-12H,(H,22,23,24). The molecule has 0 radical (unpaired) electrons. The number of carbonyl (C=O) groups is 1. The molecule has 3 nitrogen and oxygen atoms in total. The summed E-state index contributed by atoms with van der Waals surface area (Å²) < 4.78 is 13.0. The van der Waals surface area contributed by atoms with E-state index in [4.69, 9.17) is 0 Å². The van der Waals surface area contributed by atoms with Crippen molar-refractivity contribution in [3.8, 4) is 0 Å². The summed E-state index contributed by atoms with van der Waals surface area (Å²) in [4.78, 5) is 17.3. The number of thioether (sulfide) groups is 1. The molecule has 0 saturated carbocycles. The van der Waals surface area contributed by atoms with Gasteiger partial charge >= 0.3 is 0 Å². The van der Waals surface area contributed by atoms with E-state index < -0.39 is 0 Å². The molecular formula is C20H13FN2OS. The van der Waals surface area contributed by atoms with Crippen LogP contribution in [0.15, 0.2) is 76.6 Å². The molecule has 4 rings (SSSR count). The van der Waals surface area contributed by atoms with Gasteiger partial charge in [-0.25, -0.2) is 9.38 Å². The average molecular weight is 348 g/mol. The molecule has 122 valence electrons. The summed E-state index contributed by atoms with van der Waals surface area (Å²) in [5.74, 6) is -0.503. The van der Waals surface area contributed by atoms with Crippen molar-refractivity contribution in [1.82, 2.24) is 5.32 Å². The van der Waals surface area contributed by atoms with Gasteiger partial charge in [-0.15, -0.1) is 0 Å². The number of rotatable bonds is 2. The lowest BCUT2D eigenvalue weighted by atomic mass is 10.1. The third-order valence-electron chi connectivity index (χ3n) is 3.81. The molecule has 1 amide bonds. The number of aliphatic imine (C=N–C) groups is 1. The van der Waals surface area contributed by atoms with Crippen molar-refractivity contribution in [2.24, 2.45) is 4.99 Å². The molecular weight excluding hydrogens is 335 g/mol. The quantitative estimate of drug-likeness (QED) is 0.671. The van der Waals surface area contributed by atoms with Gasteiger partial charge in [-0.05, 0) is 47.0 Å². The third-order valence-corrected chi connectivity index (χ3v) is 4.72. The molecule has 1 saturated heterocycles. The number of nitrogens with one attached hydrogen (secondary N) is 1. The number of amidine groups is 1. The fourth-order valence-corrected chi connectivity index (χ4v) is 3.44. The first-order chi connectivity index (χ1) is 12.2. The summed E-state index contributed by atoms with van der Waals surface area (Å²) >= 11 is 1.28. The second-order valence-electron chi connectivity index (χ2n) is 5.53. The first kappa shape index (κ1) is 15.6. The topological polar surface area (TPSA) is 41.5 Å². The predicted molar refractivity (Wildman–Crippen MR) is 101 cm³/mol. The van der Waals surface area contributed by atoms with Crippen LogP contribution >= 0.6 is 11.8 Å². The second kappa shape index (κ2) is 6.53. The summed E-state index contributed by atoms with van der Waals surface area (Å²) in [6, 6.07) is 19.9. The largest absolute Gasteiger partial charge is 0.300 e. The highest BCUT2D eigenvalue weighted by Gasteiger charge is 2.23. The van der Waals surface area contributed by atoms with E-state index in [0.29, 0.717) is 10.1 Å². The van der Waals surface area contributed by atoms with Gasteiger partial charge in [-0.1, -0.05) is 48.5 Å². The Hall–Kier alpha value is -2.92. The van der Waals surface area contributed by atoms with Gasteiger partial charge in [0.25, 0.3) is 5.91 Å². The maximum Gasteiger partial charge on any atom is 0.264 e. The molecule has 25 heavy (non-hydrogen) atoms. The summed E-state index contributed by atoms with van der Waals surface area (Å²) in [6.45, 7) is 0. The van der Waals surface area contributed by atoms with Crippen molar-refractivity contribution in [3.05, 3.63) is 83.0 Å². The van der Waals surface area contributed by atoms with E-state index in [9.17, 15) is 9.18 Å². The van der Waals surface area contributed by atoms with Crippen LogP contribution in [0.1, 0.15) is 5.56 Å². The van der Waals surface area contributed by atoms with Gasteiger partial charge in [-0.3, -0.25) is 4.79 Å². The SMILES string of the molecule is O=C1NC(=Nc2cccc3ccccc23)SC1=Cc1ccc(F)cc1. The molecule has 1 fully saturated rings. The lowest BCUT2D eigenvalue weighted by molar-refractivity contribution is -0.115. The van der Waals surface area contributed by atoms with Crippen molar-refractivity contribution in [1.29, 1.82) is 0 Å².